The van der Waals surface area contributed by atoms with E-state index in [1.54, 1.807) is 9.34 Å². The molecule has 2 N–H and O–H groups in total. The maximum atomic E-state index is 11.1. The molecule has 2 heterocycles. The average Bonchev–Trinajstić information content (AvgIpc) is 2.65. The number of amides is 4. The van der Waals surface area contributed by atoms with Crippen LogP contribution < -0.4 is 10.6 Å². The number of hydrogen-bond donors (Lipinski definition) is 2. The van der Waals surface area contributed by atoms with Gasteiger partial charge in [0.15, 0.2) is 0 Å². The van der Waals surface area contributed by atoms with Gasteiger partial charge in [0.2, 0.25) is 0 Å². The fourth-order valence-electron chi connectivity index (χ4n) is 1.28. The highest BCUT2D eigenvalue weighted by molar-refractivity contribution is 7.34. The lowest BCUT2D eigenvalue weighted by molar-refractivity contribution is 0.232. The summed E-state index contributed by atoms with van der Waals surface area (Å²) in [6.07, 6.45) is 0. The van der Waals surface area contributed by atoms with Crippen molar-refractivity contribution < 1.29 is 9.59 Å². The predicted octanol–water partition coefficient (Wildman–Crippen LogP) is -0.0329. The largest absolute Gasteiger partial charge is 0.336 e. The van der Waals surface area contributed by atoms with Crippen LogP contribution in [0, 0.1) is 0 Å². The van der Waals surface area contributed by atoms with Gasteiger partial charge in [-0.3, -0.25) is 9.34 Å². The van der Waals surface area contributed by atoms with E-state index in [1.165, 1.54) is 0 Å². The van der Waals surface area contributed by atoms with E-state index in [4.69, 9.17) is 0 Å². The van der Waals surface area contributed by atoms with Crippen molar-refractivity contribution in [1.29, 1.82) is 0 Å². The smallest absolute Gasteiger partial charge is 0.321 e. The minimum Gasteiger partial charge on any atom is -0.336 e. The Morgan fingerprint density at radius 2 is 1.43 bits per heavy atom. The van der Waals surface area contributed by atoms with Crippen molar-refractivity contribution in [2.24, 2.45) is 0 Å². The molecule has 2 saturated heterocycles. The molecule has 0 spiro atoms. The molecule has 2 aliphatic heterocycles. The van der Waals surface area contributed by atoms with Crippen LogP contribution in [0.25, 0.3) is 0 Å². The predicted molar refractivity (Wildman–Crippen MR) is 55.8 cm³/mol. The summed E-state index contributed by atoms with van der Waals surface area (Å²) in [6.45, 7) is 2.75. The zero-order valence-electron chi connectivity index (χ0n) is 7.45. The lowest BCUT2D eigenvalue weighted by Crippen LogP contribution is -2.28. The number of carbonyl (C=O) groups excluding carboxylic acids is 2. The number of urea groups is 2. The zero-order chi connectivity index (χ0) is 9.26. The minimum absolute atomic E-state index is 0. The molecule has 0 radical (unpaired) electrons. The van der Waals surface area contributed by atoms with E-state index in [0.717, 1.165) is 0 Å². The lowest BCUT2D eigenvalue weighted by atomic mass is 10.7. The molecule has 0 aromatic rings. The molecule has 2 rings (SSSR count). The van der Waals surface area contributed by atoms with Crippen LogP contribution in [-0.4, -0.2) is 47.6 Å². The highest BCUT2D eigenvalue weighted by atomic mass is 35.5. The van der Waals surface area contributed by atoms with Crippen molar-refractivity contribution in [3.63, 3.8) is 0 Å². The molecular formula is C6H12ClN4O2P. The van der Waals surface area contributed by atoms with E-state index in [9.17, 15) is 9.59 Å². The summed E-state index contributed by atoms with van der Waals surface area (Å²) in [5, 5.41) is 5.39. The molecule has 0 saturated carbocycles. The van der Waals surface area contributed by atoms with E-state index in [0.29, 0.717) is 26.2 Å². The van der Waals surface area contributed by atoms with Crippen LogP contribution in [-0.2, 0) is 0 Å². The lowest BCUT2D eigenvalue weighted by Gasteiger charge is -2.20. The highest BCUT2D eigenvalue weighted by Gasteiger charge is 2.26. The minimum atomic E-state index is -0.0713. The Labute approximate surface area is 89.7 Å². The van der Waals surface area contributed by atoms with Crippen molar-refractivity contribution in [2.45, 2.75) is 0 Å². The molecule has 8 heteroatoms. The molecule has 4 amide bonds. The van der Waals surface area contributed by atoms with Crippen molar-refractivity contribution in [1.82, 2.24) is 20.0 Å². The molecule has 0 atom stereocenters. The van der Waals surface area contributed by atoms with Gasteiger partial charge in [0, 0.05) is 26.2 Å². The molecule has 2 aliphatic rings. The fourth-order valence-corrected chi connectivity index (χ4v) is 2.33. The van der Waals surface area contributed by atoms with Crippen LogP contribution in [0.5, 0.6) is 0 Å². The summed E-state index contributed by atoms with van der Waals surface area (Å²) in [7, 11) is 0.143. The maximum absolute atomic E-state index is 11.1. The third-order valence-corrected chi connectivity index (χ3v) is 3.29. The van der Waals surface area contributed by atoms with E-state index in [-0.39, 0.29) is 33.4 Å². The second-order valence-electron chi connectivity index (χ2n) is 2.87. The number of hydrogen-bond acceptors (Lipinski definition) is 2. The average molecular weight is 239 g/mol. The van der Waals surface area contributed by atoms with Gasteiger partial charge in [-0.15, -0.1) is 12.4 Å². The maximum Gasteiger partial charge on any atom is 0.321 e. The topological polar surface area (TPSA) is 64.7 Å². The third-order valence-electron chi connectivity index (χ3n) is 1.95. The van der Waals surface area contributed by atoms with Crippen LogP contribution >= 0.6 is 21.3 Å². The van der Waals surface area contributed by atoms with Crippen LogP contribution in [0.15, 0.2) is 0 Å². The van der Waals surface area contributed by atoms with E-state index >= 15 is 0 Å². The molecule has 14 heavy (non-hydrogen) atoms. The molecule has 80 valence electrons. The van der Waals surface area contributed by atoms with Crippen molar-refractivity contribution >= 4 is 33.4 Å². The molecule has 0 aliphatic carbocycles. The number of halogens is 1. The Hall–Kier alpha value is -0.740. The Balaban J connectivity index is 0.000000980. The summed E-state index contributed by atoms with van der Waals surface area (Å²) in [5.41, 5.74) is 0. The van der Waals surface area contributed by atoms with E-state index < -0.39 is 0 Å². The Morgan fingerprint density at radius 3 is 1.71 bits per heavy atom. The molecule has 0 bridgehead atoms. The summed E-state index contributed by atoms with van der Waals surface area (Å²) in [4.78, 5) is 22.3. The van der Waals surface area contributed by atoms with E-state index in [2.05, 4.69) is 10.6 Å². The Morgan fingerprint density at radius 1 is 1.00 bits per heavy atom. The van der Waals surface area contributed by atoms with Crippen LogP contribution in [0.3, 0.4) is 0 Å². The van der Waals surface area contributed by atoms with Crippen molar-refractivity contribution in [3.05, 3.63) is 0 Å². The first-order valence-electron chi connectivity index (χ1n) is 4.14. The first kappa shape index (κ1) is 11.3. The summed E-state index contributed by atoms with van der Waals surface area (Å²) in [5.74, 6) is 0. The molecule has 0 unspecified atom stereocenters. The second-order valence-corrected chi connectivity index (χ2v) is 4.15. The summed E-state index contributed by atoms with van der Waals surface area (Å²) >= 11 is 0. The summed E-state index contributed by atoms with van der Waals surface area (Å²) < 4.78 is 3.32. The molecule has 6 nitrogen and oxygen atoms in total. The van der Waals surface area contributed by atoms with Crippen LogP contribution in [0.1, 0.15) is 0 Å². The number of nitrogens with zero attached hydrogens (tertiary/aromatic N) is 2. The van der Waals surface area contributed by atoms with Crippen molar-refractivity contribution in [3.8, 4) is 0 Å². The van der Waals surface area contributed by atoms with Crippen molar-refractivity contribution in [2.75, 3.05) is 26.2 Å². The first-order valence-corrected chi connectivity index (χ1v) is 5.04. The summed E-state index contributed by atoms with van der Waals surface area (Å²) in [6, 6.07) is -0.143. The van der Waals surface area contributed by atoms with Crippen LogP contribution in [0.4, 0.5) is 9.59 Å². The number of rotatable bonds is 2. The molecule has 0 aromatic heterocycles. The van der Waals surface area contributed by atoms with E-state index in [1.807, 2.05) is 0 Å². The second kappa shape index (κ2) is 4.66. The zero-order valence-corrected chi connectivity index (χ0v) is 9.26. The normalized spacial score (nSPS) is 20.6. The standard InChI is InChI=1S/C6H11N4O2P.ClH/c11-5-7-1-3-9(5)13-10-4-2-8-6(10)12;/h13H,1-4H2,(H,7,11)(H,8,12);1H. The third kappa shape index (κ3) is 2.19. The van der Waals surface area contributed by atoms with Gasteiger partial charge in [0.1, 0.15) is 0 Å². The van der Waals surface area contributed by atoms with Gasteiger partial charge in [0.05, 0.1) is 8.88 Å². The number of carbonyl (C=O) groups is 2. The first-order chi connectivity index (χ1) is 6.27. The fraction of sp³-hybridized carbons (Fsp3) is 0.667. The van der Waals surface area contributed by atoms with Gasteiger partial charge in [-0.25, -0.2) is 9.59 Å². The number of nitrogens with one attached hydrogen (secondary N) is 2. The molecule has 2 fully saturated rings. The molecule has 0 aromatic carbocycles. The monoisotopic (exact) mass is 238 g/mol. The van der Waals surface area contributed by atoms with Gasteiger partial charge in [0.25, 0.3) is 0 Å². The van der Waals surface area contributed by atoms with Crippen LogP contribution in [0.2, 0.25) is 0 Å². The van der Waals surface area contributed by atoms with Gasteiger partial charge >= 0.3 is 12.1 Å². The Kier molecular flexibility index (Phi) is 3.77. The van der Waals surface area contributed by atoms with Gasteiger partial charge in [-0.2, -0.15) is 0 Å². The highest BCUT2D eigenvalue weighted by Crippen LogP contribution is 2.26. The van der Waals surface area contributed by atoms with Gasteiger partial charge in [-0.05, 0) is 0 Å². The Bertz CT molecular complexity index is 228. The van der Waals surface area contributed by atoms with Gasteiger partial charge in [-0.1, -0.05) is 0 Å². The van der Waals surface area contributed by atoms with Gasteiger partial charge < -0.3 is 10.6 Å². The quantitative estimate of drug-likeness (QED) is 0.664. The SMILES string of the molecule is Cl.O=C1NCCN1PN1CCNC1=O. The molecular weight excluding hydrogens is 227 g/mol.